The van der Waals surface area contributed by atoms with Gasteiger partial charge in [-0.2, -0.15) is 0 Å². The van der Waals surface area contributed by atoms with E-state index in [-0.39, 0.29) is 48.8 Å². The molecule has 24 heteroatoms. The predicted octanol–water partition coefficient (Wildman–Crippen LogP) is -1.65. The van der Waals surface area contributed by atoms with Gasteiger partial charge in [-0.05, 0) is 75.0 Å². The van der Waals surface area contributed by atoms with Crippen LogP contribution in [0.4, 0.5) is 0 Å². The highest BCUT2D eigenvalue weighted by atomic mass is 16.4. The van der Waals surface area contributed by atoms with Crippen molar-refractivity contribution < 1.29 is 68.1 Å². The number of nitrogens with one attached hydrogen (secondary N) is 7. The number of aliphatic hydroxyl groups excluding tert-OH is 1. The van der Waals surface area contributed by atoms with Gasteiger partial charge in [-0.15, -0.1) is 0 Å². The van der Waals surface area contributed by atoms with E-state index >= 15 is 0 Å². The fourth-order valence-electron chi connectivity index (χ4n) is 7.80. The van der Waals surface area contributed by atoms with Gasteiger partial charge in [0.1, 0.15) is 48.3 Å². The van der Waals surface area contributed by atoms with Crippen molar-refractivity contribution in [2.24, 2.45) is 41.1 Å². The molecule has 0 aliphatic carbocycles. The van der Waals surface area contributed by atoms with E-state index in [2.05, 4.69) is 37.2 Å². The Morgan fingerprint density at radius 3 is 1.36 bits per heavy atom. The van der Waals surface area contributed by atoms with E-state index in [4.69, 9.17) is 11.5 Å². The molecule has 0 unspecified atom stereocenters. The Balaban J connectivity index is 3.38. The Hall–Kier alpha value is -5.91. The van der Waals surface area contributed by atoms with Gasteiger partial charge in [-0.1, -0.05) is 69.2 Å². The Labute approximate surface area is 410 Å². The number of hydrogen-bond donors (Lipinski definition) is 12. The number of amides is 9. The fraction of sp³-hybridized carbons (Fsp3) is 0.761. The highest BCUT2D eigenvalue weighted by Crippen LogP contribution is 2.21. The minimum atomic E-state index is -1.92. The number of carbonyl (C=O) groups excluding carboxylic acids is 9. The second kappa shape index (κ2) is 29.3. The van der Waals surface area contributed by atoms with Gasteiger partial charge in [-0.3, -0.25) is 47.9 Å². The third-order valence-corrected chi connectivity index (χ3v) is 11.2. The lowest BCUT2D eigenvalue weighted by atomic mass is 9.99. The van der Waals surface area contributed by atoms with Crippen molar-refractivity contribution in [3.8, 4) is 0 Å². The number of nitrogens with two attached hydrogens (primary N) is 2. The van der Waals surface area contributed by atoms with E-state index in [1.165, 1.54) is 11.8 Å². The van der Waals surface area contributed by atoms with Crippen molar-refractivity contribution >= 4 is 65.1 Å². The Morgan fingerprint density at radius 2 is 0.929 bits per heavy atom. The van der Waals surface area contributed by atoms with Gasteiger partial charge in [0.25, 0.3) is 0 Å². The zero-order chi connectivity index (χ0) is 53.9. The summed E-state index contributed by atoms with van der Waals surface area (Å²) in [5.74, 6) is -12.4. The SMILES string of the molecule is CC(C)C[C@H](NC(=O)[C@@H](NC(=O)[C@H](CC(C)C)NC(=O)[C@H](CC(N)=O)NC(=O)[C@H](CC(=O)O)NC(=O)[C@H](CC(C)C)NC(=O)[C@@H](NC(=O)[C@@H]1CCCN1C(=O)[C@@H](N)CC(C)C)C(C)C)[C@@H](C)O)C(=O)O. The molecule has 1 aliphatic heterocycles. The van der Waals surface area contributed by atoms with Crippen LogP contribution in [-0.2, 0) is 52.7 Å². The van der Waals surface area contributed by atoms with Gasteiger partial charge in [-0.25, -0.2) is 4.79 Å². The van der Waals surface area contributed by atoms with Crippen molar-refractivity contribution in [1.82, 2.24) is 42.1 Å². The predicted molar refractivity (Wildman–Crippen MR) is 254 cm³/mol. The van der Waals surface area contributed by atoms with Crippen LogP contribution in [0.15, 0.2) is 0 Å². The van der Waals surface area contributed by atoms with Crippen LogP contribution in [0.1, 0.15) is 128 Å². The maximum Gasteiger partial charge on any atom is 0.326 e. The van der Waals surface area contributed by atoms with Crippen LogP contribution < -0.4 is 48.7 Å². The van der Waals surface area contributed by atoms with E-state index in [1.807, 2.05) is 13.8 Å². The van der Waals surface area contributed by atoms with E-state index in [0.717, 1.165) is 0 Å². The molecule has 0 spiro atoms. The smallest absolute Gasteiger partial charge is 0.326 e. The summed E-state index contributed by atoms with van der Waals surface area (Å²) in [6.07, 6.45) is -2.28. The average Bonchev–Trinajstić information content (AvgIpc) is 3.71. The molecular weight excluding hydrogens is 917 g/mol. The van der Waals surface area contributed by atoms with Gasteiger partial charge in [0, 0.05) is 6.54 Å². The Morgan fingerprint density at radius 1 is 0.529 bits per heavy atom. The van der Waals surface area contributed by atoms with Crippen molar-refractivity contribution in [3.63, 3.8) is 0 Å². The quantitative estimate of drug-likeness (QED) is 0.0384. The normalized spacial score (nSPS) is 17.6. The van der Waals surface area contributed by atoms with Crippen molar-refractivity contribution in [2.45, 2.75) is 188 Å². The Kier molecular flexibility index (Phi) is 26.0. The molecule has 0 radical (unpaired) electrons. The summed E-state index contributed by atoms with van der Waals surface area (Å²) >= 11 is 0. The standard InChI is InChI=1S/C46H80N10O14/c1-21(2)15-27(47)45(68)56-14-12-13-33(56)42(65)54-36(25(9)10)43(66)52-28(16-22(3)4)38(61)51-31(20-35(59)60)40(63)50-30(19-34(48)58)39(62)49-29(17-23(5)6)41(64)55-37(26(11)57)44(67)53-32(46(69)70)18-24(7)8/h21-33,36-37,57H,12-20,47H2,1-11H3,(H2,48,58)(H,49,62)(H,50,63)(H,51,61)(H,52,66)(H,53,67)(H,54,65)(H,55,64)(H,59,60)(H,69,70)/t26-,27+,28+,29+,30+,31+,32+,33+,36+,37+/m1/s1. The largest absolute Gasteiger partial charge is 0.481 e. The number of aliphatic carboxylic acids is 2. The first-order valence-corrected chi connectivity index (χ1v) is 24.0. The average molecular weight is 997 g/mol. The van der Waals surface area contributed by atoms with Crippen molar-refractivity contribution in [3.05, 3.63) is 0 Å². The van der Waals surface area contributed by atoms with Gasteiger partial charge in [0.15, 0.2) is 0 Å². The number of carbonyl (C=O) groups is 11. The first-order valence-electron chi connectivity index (χ1n) is 24.0. The lowest BCUT2D eigenvalue weighted by Gasteiger charge is -2.31. The first kappa shape index (κ1) is 62.1. The summed E-state index contributed by atoms with van der Waals surface area (Å²) in [4.78, 5) is 146. The molecule has 0 saturated carbocycles. The molecule has 1 aliphatic rings. The molecule has 14 N–H and O–H groups in total. The minimum Gasteiger partial charge on any atom is -0.481 e. The summed E-state index contributed by atoms with van der Waals surface area (Å²) < 4.78 is 0. The lowest BCUT2D eigenvalue weighted by Crippen LogP contribution is -2.62. The number of hydrogen-bond acceptors (Lipinski definition) is 13. The number of carboxylic acid groups (broad SMARTS) is 2. The van der Waals surface area contributed by atoms with E-state index in [9.17, 15) is 68.1 Å². The molecule has 0 aromatic rings. The number of primary amides is 1. The van der Waals surface area contributed by atoms with E-state index in [1.54, 1.807) is 55.4 Å². The number of aliphatic hydroxyl groups is 1. The first-order chi connectivity index (χ1) is 32.4. The second-order valence-electron chi connectivity index (χ2n) is 20.2. The van der Waals surface area contributed by atoms with E-state index in [0.29, 0.717) is 25.8 Å². The maximum absolute atomic E-state index is 13.9. The van der Waals surface area contributed by atoms with Crippen LogP contribution >= 0.6 is 0 Å². The Bertz CT molecular complexity index is 1860. The fourth-order valence-corrected chi connectivity index (χ4v) is 7.80. The summed E-state index contributed by atoms with van der Waals surface area (Å²) in [7, 11) is 0. The van der Waals surface area contributed by atoms with Crippen LogP contribution in [-0.4, -0.2) is 152 Å². The molecule has 0 aromatic heterocycles. The number of rotatable bonds is 30. The molecule has 0 aromatic carbocycles. The van der Waals surface area contributed by atoms with Crippen LogP contribution in [0.25, 0.3) is 0 Å². The number of carboxylic acids is 2. The van der Waals surface area contributed by atoms with Gasteiger partial charge in [0.2, 0.25) is 53.2 Å². The van der Waals surface area contributed by atoms with Crippen molar-refractivity contribution in [1.29, 1.82) is 0 Å². The molecule has 70 heavy (non-hydrogen) atoms. The molecule has 10 atom stereocenters. The van der Waals surface area contributed by atoms with Gasteiger partial charge >= 0.3 is 11.9 Å². The third-order valence-electron chi connectivity index (χ3n) is 11.2. The number of nitrogens with zero attached hydrogens (tertiary/aromatic N) is 1. The molecule has 9 amide bonds. The second-order valence-corrected chi connectivity index (χ2v) is 20.2. The van der Waals surface area contributed by atoms with Crippen LogP contribution in [0.2, 0.25) is 0 Å². The van der Waals surface area contributed by atoms with E-state index < -0.39 is 138 Å². The highest BCUT2D eigenvalue weighted by Gasteiger charge is 2.40. The van der Waals surface area contributed by atoms with Crippen LogP contribution in [0, 0.1) is 29.6 Å². The van der Waals surface area contributed by atoms with Crippen LogP contribution in [0.5, 0.6) is 0 Å². The summed E-state index contributed by atoms with van der Waals surface area (Å²) in [5, 5.41) is 46.7. The molecule has 1 saturated heterocycles. The maximum atomic E-state index is 13.9. The zero-order valence-electron chi connectivity index (χ0n) is 42.5. The molecule has 0 bridgehead atoms. The summed E-state index contributed by atoms with van der Waals surface area (Å²) in [5.41, 5.74) is 11.6. The summed E-state index contributed by atoms with van der Waals surface area (Å²) in [6.45, 7) is 18.9. The lowest BCUT2D eigenvalue weighted by molar-refractivity contribution is -0.143. The van der Waals surface area contributed by atoms with Crippen molar-refractivity contribution in [2.75, 3.05) is 6.54 Å². The molecule has 398 valence electrons. The minimum absolute atomic E-state index is 0.0297. The summed E-state index contributed by atoms with van der Waals surface area (Å²) in [6, 6.07) is -12.6. The molecule has 1 heterocycles. The monoisotopic (exact) mass is 997 g/mol. The van der Waals surface area contributed by atoms with Gasteiger partial charge < -0.3 is 68.9 Å². The van der Waals surface area contributed by atoms with Gasteiger partial charge in [0.05, 0.1) is 25.0 Å². The molecule has 1 fully saturated rings. The number of likely N-dealkylation sites (tertiary alicyclic amines) is 1. The molecular formula is C46H80N10O14. The highest BCUT2D eigenvalue weighted by molar-refractivity contribution is 6.00. The molecule has 24 nitrogen and oxygen atoms in total. The third kappa shape index (κ3) is 21.4. The topological polar surface area (TPSA) is 388 Å². The molecule has 1 rings (SSSR count). The zero-order valence-corrected chi connectivity index (χ0v) is 42.5. The van der Waals surface area contributed by atoms with Crippen LogP contribution in [0.3, 0.4) is 0 Å².